The minimum Gasteiger partial charge on any atom is -0.417 e. The van der Waals surface area contributed by atoms with Crippen LogP contribution in [0.5, 0.6) is 0 Å². The first-order chi connectivity index (χ1) is 7.59. The van der Waals surface area contributed by atoms with Crippen LogP contribution >= 0.6 is 0 Å². The normalized spacial score (nSPS) is 18.1. The fourth-order valence-corrected chi connectivity index (χ4v) is 5.13. The summed E-state index contributed by atoms with van der Waals surface area (Å²) < 4.78 is 5.98. The molecule has 0 spiro atoms. The third-order valence-corrected chi connectivity index (χ3v) is 6.57. The summed E-state index contributed by atoms with van der Waals surface area (Å²) in [5, 5.41) is 1.74. The van der Waals surface area contributed by atoms with Gasteiger partial charge in [-0.05, 0) is 38.9 Å². The molecule has 0 radical (unpaired) electrons. The number of rotatable bonds is 5. The Morgan fingerprint density at radius 2 is 1.65 bits per heavy atom. The van der Waals surface area contributed by atoms with E-state index in [0.717, 1.165) is 25.9 Å². The van der Waals surface area contributed by atoms with Gasteiger partial charge in [0, 0.05) is 6.61 Å². The van der Waals surface area contributed by atoms with Gasteiger partial charge in [0.1, 0.15) is 0 Å². The van der Waals surface area contributed by atoms with Crippen LogP contribution in [0.1, 0.15) is 19.3 Å². The highest BCUT2D eigenvalue weighted by Crippen LogP contribution is 2.37. The van der Waals surface area contributed by atoms with Gasteiger partial charge in [-0.1, -0.05) is 42.6 Å². The summed E-state index contributed by atoms with van der Waals surface area (Å²) in [6, 6.07) is 0. The zero-order chi connectivity index (χ0) is 13.3. The summed E-state index contributed by atoms with van der Waals surface area (Å²) in [5.74, 6) is 0. The second kappa shape index (κ2) is 5.25. The minimum absolute atomic E-state index is 0.909. The van der Waals surface area contributed by atoms with E-state index in [1.807, 2.05) is 0 Å². The van der Waals surface area contributed by atoms with Gasteiger partial charge in [0.15, 0.2) is 8.32 Å². The lowest BCUT2D eigenvalue weighted by Crippen LogP contribution is -2.27. The largest absolute Gasteiger partial charge is 0.417 e. The van der Waals surface area contributed by atoms with Crippen molar-refractivity contribution in [2.45, 2.75) is 58.5 Å². The Bertz CT molecular complexity index is 329. The first kappa shape index (κ1) is 14.9. The van der Waals surface area contributed by atoms with E-state index in [1.165, 1.54) is 5.57 Å². The van der Waals surface area contributed by atoms with Gasteiger partial charge in [0.25, 0.3) is 0 Å². The lowest BCUT2D eigenvalue weighted by molar-refractivity contribution is 0.315. The van der Waals surface area contributed by atoms with Crippen molar-refractivity contribution in [3.05, 3.63) is 22.9 Å². The molecule has 0 aromatic rings. The summed E-state index contributed by atoms with van der Waals surface area (Å²) in [7, 11) is -2.50. The third kappa shape index (κ3) is 4.94. The summed E-state index contributed by atoms with van der Waals surface area (Å²) in [4.78, 5) is 0. The summed E-state index contributed by atoms with van der Waals surface area (Å²) >= 11 is 0. The van der Waals surface area contributed by atoms with Gasteiger partial charge in [-0.2, -0.15) is 0 Å². The summed E-state index contributed by atoms with van der Waals surface area (Å²) in [5.41, 5.74) is 3.05. The fourth-order valence-electron chi connectivity index (χ4n) is 2.36. The molecule has 0 N–H and O–H groups in total. The lowest BCUT2D eigenvalue weighted by Gasteiger charge is -2.22. The molecule has 0 aliphatic heterocycles. The van der Waals surface area contributed by atoms with Crippen molar-refractivity contribution in [1.82, 2.24) is 0 Å². The van der Waals surface area contributed by atoms with E-state index in [9.17, 15) is 0 Å². The lowest BCUT2D eigenvalue weighted by atomic mass is 10.1. The van der Waals surface area contributed by atoms with Gasteiger partial charge in [-0.25, -0.2) is 0 Å². The van der Waals surface area contributed by atoms with Crippen LogP contribution in [0.15, 0.2) is 22.9 Å². The standard InChI is InChI=1S/C14H28OSi2/c1-12-10-13(8-9-15-17(5,6)7)14(11-12)16(2,3)4/h1,8-11H2,2-7H3. The number of hydrogen-bond donors (Lipinski definition) is 0. The third-order valence-electron chi connectivity index (χ3n) is 3.16. The Morgan fingerprint density at radius 3 is 2.12 bits per heavy atom. The molecule has 0 atom stereocenters. The van der Waals surface area contributed by atoms with Crippen LogP contribution in [-0.4, -0.2) is 23.0 Å². The molecule has 0 saturated carbocycles. The van der Waals surface area contributed by atoms with Crippen LogP contribution in [-0.2, 0) is 4.43 Å². The van der Waals surface area contributed by atoms with Crippen molar-refractivity contribution in [2.75, 3.05) is 6.61 Å². The molecule has 0 aromatic heterocycles. The van der Waals surface area contributed by atoms with E-state index in [2.05, 4.69) is 45.9 Å². The molecule has 98 valence electrons. The minimum atomic E-state index is -1.35. The molecular weight excluding hydrogens is 240 g/mol. The van der Waals surface area contributed by atoms with Crippen molar-refractivity contribution in [3.8, 4) is 0 Å². The van der Waals surface area contributed by atoms with Gasteiger partial charge in [-0.3, -0.25) is 0 Å². The highest BCUT2D eigenvalue weighted by molar-refractivity contribution is 6.83. The van der Waals surface area contributed by atoms with E-state index >= 15 is 0 Å². The van der Waals surface area contributed by atoms with Crippen LogP contribution in [0.25, 0.3) is 0 Å². The average Bonchev–Trinajstić information content (AvgIpc) is 2.43. The Labute approximate surface area is 109 Å². The number of hydrogen-bond acceptors (Lipinski definition) is 1. The van der Waals surface area contributed by atoms with Gasteiger partial charge in [0.05, 0.1) is 8.07 Å². The molecule has 0 bridgehead atoms. The fraction of sp³-hybridized carbons (Fsp3) is 0.714. The van der Waals surface area contributed by atoms with Crippen LogP contribution < -0.4 is 0 Å². The molecule has 0 fully saturated rings. The molecular formula is C14H28OSi2. The predicted molar refractivity (Wildman–Crippen MR) is 82.7 cm³/mol. The monoisotopic (exact) mass is 268 g/mol. The van der Waals surface area contributed by atoms with Crippen LogP contribution in [0.2, 0.25) is 39.3 Å². The van der Waals surface area contributed by atoms with Crippen molar-refractivity contribution in [2.24, 2.45) is 0 Å². The van der Waals surface area contributed by atoms with E-state index in [0.29, 0.717) is 0 Å². The maximum atomic E-state index is 5.98. The maximum Gasteiger partial charge on any atom is 0.183 e. The molecule has 1 nitrogen and oxygen atoms in total. The van der Waals surface area contributed by atoms with Crippen molar-refractivity contribution < 1.29 is 4.43 Å². The Kier molecular flexibility index (Phi) is 4.61. The van der Waals surface area contributed by atoms with E-state index < -0.39 is 16.4 Å². The summed E-state index contributed by atoms with van der Waals surface area (Å²) in [6.07, 6.45) is 3.43. The molecule has 0 aromatic carbocycles. The molecule has 1 aliphatic carbocycles. The Balaban J connectivity index is 2.64. The first-order valence-electron chi connectivity index (χ1n) is 6.61. The molecule has 1 rings (SSSR count). The average molecular weight is 269 g/mol. The van der Waals surface area contributed by atoms with Crippen LogP contribution in [0.4, 0.5) is 0 Å². The van der Waals surface area contributed by atoms with Crippen LogP contribution in [0, 0.1) is 0 Å². The molecule has 0 saturated heterocycles. The van der Waals surface area contributed by atoms with Gasteiger partial charge in [0.2, 0.25) is 0 Å². The van der Waals surface area contributed by atoms with E-state index in [4.69, 9.17) is 4.43 Å². The Hall–Kier alpha value is -0.126. The molecule has 1 aliphatic rings. The van der Waals surface area contributed by atoms with Gasteiger partial charge < -0.3 is 4.43 Å². The van der Waals surface area contributed by atoms with Crippen LogP contribution in [0.3, 0.4) is 0 Å². The van der Waals surface area contributed by atoms with Gasteiger partial charge in [-0.15, -0.1) is 0 Å². The Morgan fingerprint density at radius 1 is 1.06 bits per heavy atom. The van der Waals surface area contributed by atoms with Crippen molar-refractivity contribution in [1.29, 1.82) is 0 Å². The van der Waals surface area contributed by atoms with Gasteiger partial charge >= 0.3 is 0 Å². The smallest absolute Gasteiger partial charge is 0.183 e. The quantitative estimate of drug-likeness (QED) is 0.516. The maximum absolute atomic E-state index is 5.98. The molecule has 0 unspecified atom stereocenters. The molecule has 0 heterocycles. The first-order valence-corrected chi connectivity index (χ1v) is 13.5. The van der Waals surface area contributed by atoms with Crippen molar-refractivity contribution >= 4 is 16.4 Å². The topological polar surface area (TPSA) is 9.23 Å². The highest BCUT2D eigenvalue weighted by Gasteiger charge is 2.28. The molecule has 17 heavy (non-hydrogen) atoms. The SMILES string of the molecule is C=C1CC(CCO[Si](C)(C)C)=C([Si](C)(C)C)C1. The van der Waals surface area contributed by atoms with Crippen molar-refractivity contribution in [3.63, 3.8) is 0 Å². The summed E-state index contributed by atoms with van der Waals surface area (Å²) in [6.45, 7) is 19.2. The second-order valence-corrected chi connectivity index (χ2v) is 16.8. The number of allylic oxidation sites excluding steroid dienone is 2. The van der Waals surface area contributed by atoms with E-state index in [-0.39, 0.29) is 0 Å². The molecule has 0 amide bonds. The second-order valence-electron chi connectivity index (χ2n) is 7.15. The predicted octanol–water partition coefficient (Wildman–Crippen LogP) is 4.75. The highest BCUT2D eigenvalue weighted by atomic mass is 28.4. The zero-order valence-corrected chi connectivity index (χ0v) is 14.4. The van der Waals surface area contributed by atoms with E-state index in [1.54, 1.807) is 10.8 Å². The molecule has 3 heteroatoms. The zero-order valence-electron chi connectivity index (χ0n) is 12.4.